The Morgan fingerprint density at radius 3 is 2.33 bits per heavy atom. The van der Waals surface area contributed by atoms with Gasteiger partial charge in [0.05, 0.1) is 6.42 Å². The van der Waals surface area contributed by atoms with Crippen molar-refractivity contribution in [2.24, 2.45) is 0 Å². The van der Waals surface area contributed by atoms with E-state index in [9.17, 15) is 14.7 Å². The van der Waals surface area contributed by atoms with Gasteiger partial charge in [0.25, 0.3) is 0 Å². The van der Waals surface area contributed by atoms with Gasteiger partial charge in [-0.25, -0.2) is 4.79 Å². The molecule has 0 spiro atoms. The first-order valence-corrected chi connectivity index (χ1v) is 11.3. The number of carbonyl (C=O) groups is 2. The minimum absolute atomic E-state index is 0.434. The molecule has 1 aromatic rings. The molecule has 134 valence electrons. The molecule has 1 rings (SSSR count). The molecule has 6 nitrogen and oxygen atoms in total. The van der Waals surface area contributed by atoms with E-state index in [1.54, 1.807) is 4.90 Å². The van der Waals surface area contributed by atoms with Crippen LogP contribution in [0.4, 0.5) is 5.69 Å². The van der Waals surface area contributed by atoms with E-state index in [2.05, 4.69) is 13.1 Å². The summed E-state index contributed by atoms with van der Waals surface area (Å²) in [6.45, 7) is 7.40. The lowest BCUT2D eigenvalue weighted by Gasteiger charge is -2.31. The second-order valence-electron chi connectivity index (χ2n) is 6.28. The highest BCUT2D eigenvalue weighted by Crippen LogP contribution is 2.21. The summed E-state index contributed by atoms with van der Waals surface area (Å²) < 4.78 is 5.80. The molecule has 0 aromatic heterocycles. The highest BCUT2D eigenvalue weighted by atomic mass is 28.4. The Bertz CT molecular complexity index is 535. The van der Waals surface area contributed by atoms with Crippen molar-refractivity contribution in [1.82, 2.24) is 0 Å². The van der Waals surface area contributed by atoms with Crippen LogP contribution in [0.5, 0.6) is 0 Å². The van der Waals surface area contributed by atoms with E-state index < -0.39 is 32.7 Å². The Balaban J connectivity index is 2.89. The number of para-hydroxylation sites is 1. The number of anilines is 1. The number of carboxylic acid groups (broad SMARTS) is 2. The van der Waals surface area contributed by atoms with Gasteiger partial charge in [-0.3, -0.25) is 4.79 Å². The number of hydrogen-bond donors (Lipinski definition) is 2. The fraction of sp³-hybridized carbons (Fsp3) is 0.529. The fourth-order valence-electron chi connectivity index (χ4n) is 2.72. The van der Waals surface area contributed by atoms with E-state index in [1.165, 1.54) is 0 Å². The Hall–Kier alpha value is -1.86. The minimum Gasteiger partial charge on any atom is -0.481 e. The van der Waals surface area contributed by atoms with Crippen LogP contribution in [0.1, 0.15) is 19.8 Å². The van der Waals surface area contributed by atoms with Crippen LogP contribution in [0.2, 0.25) is 19.1 Å². The summed E-state index contributed by atoms with van der Waals surface area (Å²) in [6.07, 6.45) is 0.327. The molecule has 0 aliphatic rings. The Kier molecular flexibility index (Phi) is 7.94. The first-order chi connectivity index (χ1) is 11.3. The van der Waals surface area contributed by atoms with Crippen molar-refractivity contribution in [3.05, 3.63) is 30.3 Å². The lowest BCUT2D eigenvalue weighted by molar-refractivity contribution is -0.145. The van der Waals surface area contributed by atoms with Gasteiger partial charge < -0.3 is 19.5 Å². The molecule has 0 unspecified atom stereocenters. The van der Waals surface area contributed by atoms with Crippen molar-refractivity contribution in [2.45, 2.75) is 44.9 Å². The fourth-order valence-corrected chi connectivity index (χ4v) is 4.65. The second-order valence-corrected chi connectivity index (χ2v) is 10.6. The topological polar surface area (TPSA) is 87.1 Å². The summed E-state index contributed by atoms with van der Waals surface area (Å²) in [5.74, 6) is -2.24. The van der Waals surface area contributed by atoms with Crippen LogP contribution in [0.3, 0.4) is 0 Å². The van der Waals surface area contributed by atoms with E-state index in [0.717, 1.165) is 18.2 Å². The number of aliphatic carboxylic acids is 2. The number of benzene rings is 1. The van der Waals surface area contributed by atoms with Gasteiger partial charge in [-0.05, 0) is 44.6 Å². The third-order valence-corrected chi connectivity index (χ3v) is 6.46. The lowest BCUT2D eigenvalue weighted by atomic mass is 10.1. The molecule has 24 heavy (non-hydrogen) atoms. The average molecular weight is 353 g/mol. The van der Waals surface area contributed by atoms with Crippen LogP contribution in [-0.4, -0.2) is 49.7 Å². The van der Waals surface area contributed by atoms with Crippen LogP contribution < -0.4 is 4.90 Å². The van der Waals surface area contributed by atoms with E-state index in [-0.39, 0.29) is 0 Å². The SMILES string of the molecule is CCO[Si](C)(C)CCCN(c1ccccc1)[C@@H](CC(=O)O)C(=O)O. The molecule has 0 heterocycles. The molecule has 0 bridgehead atoms. The lowest BCUT2D eigenvalue weighted by Crippen LogP contribution is -2.44. The molecule has 2 N–H and O–H groups in total. The van der Waals surface area contributed by atoms with Crippen LogP contribution in [0.15, 0.2) is 30.3 Å². The van der Waals surface area contributed by atoms with Gasteiger partial charge in [-0.2, -0.15) is 0 Å². The summed E-state index contributed by atoms with van der Waals surface area (Å²) in [7, 11) is -1.76. The molecule has 1 atom stereocenters. The first kappa shape index (κ1) is 20.2. The number of nitrogens with zero attached hydrogens (tertiary/aromatic N) is 1. The van der Waals surface area contributed by atoms with Gasteiger partial charge in [0.2, 0.25) is 0 Å². The molecule has 0 aliphatic heterocycles. The van der Waals surface area contributed by atoms with Gasteiger partial charge in [-0.1, -0.05) is 18.2 Å². The molecular weight excluding hydrogens is 326 g/mol. The quantitative estimate of drug-likeness (QED) is 0.595. The predicted molar refractivity (Wildman–Crippen MR) is 96.0 cm³/mol. The van der Waals surface area contributed by atoms with Crippen molar-refractivity contribution < 1.29 is 24.2 Å². The number of rotatable bonds is 11. The van der Waals surface area contributed by atoms with Crippen molar-refractivity contribution in [3.63, 3.8) is 0 Å². The molecule has 0 aliphatic carbocycles. The monoisotopic (exact) mass is 353 g/mol. The van der Waals surface area contributed by atoms with Gasteiger partial charge in [0.15, 0.2) is 8.32 Å². The second kappa shape index (κ2) is 9.44. The zero-order valence-corrected chi connectivity index (χ0v) is 15.6. The summed E-state index contributed by atoms with van der Waals surface area (Å²) in [6, 6.07) is 8.92. The minimum atomic E-state index is -1.76. The third-order valence-electron chi connectivity index (χ3n) is 3.83. The van der Waals surface area contributed by atoms with Crippen molar-refractivity contribution in [2.75, 3.05) is 18.1 Å². The number of hydrogen-bond acceptors (Lipinski definition) is 4. The zero-order chi connectivity index (χ0) is 18.2. The predicted octanol–water partition coefficient (Wildman–Crippen LogP) is 3.05. The smallest absolute Gasteiger partial charge is 0.326 e. The zero-order valence-electron chi connectivity index (χ0n) is 14.6. The van der Waals surface area contributed by atoms with E-state index in [0.29, 0.717) is 13.2 Å². The van der Waals surface area contributed by atoms with Gasteiger partial charge in [0, 0.05) is 18.8 Å². The van der Waals surface area contributed by atoms with Crippen molar-refractivity contribution in [3.8, 4) is 0 Å². The Morgan fingerprint density at radius 1 is 1.21 bits per heavy atom. The summed E-state index contributed by atoms with van der Waals surface area (Å²) in [5.41, 5.74) is 0.724. The molecule has 0 saturated carbocycles. The van der Waals surface area contributed by atoms with Crippen LogP contribution >= 0.6 is 0 Å². The standard InChI is InChI=1S/C17H27NO5Si/c1-4-23-24(2,3)12-8-11-18(14-9-6-5-7-10-14)15(17(21)22)13-16(19)20/h5-7,9-10,15H,4,8,11-13H2,1-3H3,(H,19,20)(H,21,22)/t15-/m0/s1. The third kappa shape index (κ3) is 6.72. The number of carboxylic acids is 2. The van der Waals surface area contributed by atoms with Crippen LogP contribution in [0, 0.1) is 0 Å². The van der Waals surface area contributed by atoms with Crippen LogP contribution in [-0.2, 0) is 14.0 Å². The average Bonchev–Trinajstić information content (AvgIpc) is 2.50. The molecule has 0 amide bonds. The van der Waals surface area contributed by atoms with Crippen molar-refractivity contribution >= 4 is 25.9 Å². The normalized spacial score (nSPS) is 12.6. The maximum Gasteiger partial charge on any atom is 0.326 e. The highest BCUT2D eigenvalue weighted by molar-refractivity contribution is 6.71. The molecular formula is C17H27NO5Si. The molecule has 0 fully saturated rings. The molecule has 7 heteroatoms. The first-order valence-electron chi connectivity index (χ1n) is 8.17. The summed E-state index contributed by atoms with van der Waals surface area (Å²) in [4.78, 5) is 24.3. The van der Waals surface area contributed by atoms with Gasteiger partial charge in [-0.15, -0.1) is 0 Å². The van der Waals surface area contributed by atoms with Crippen LogP contribution in [0.25, 0.3) is 0 Å². The Morgan fingerprint density at radius 2 is 1.83 bits per heavy atom. The summed E-state index contributed by atoms with van der Waals surface area (Å²) in [5, 5.41) is 18.5. The van der Waals surface area contributed by atoms with Gasteiger partial charge in [0.1, 0.15) is 6.04 Å². The van der Waals surface area contributed by atoms with Gasteiger partial charge >= 0.3 is 11.9 Å². The van der Waals surface area contributed by atoms with E-state index >= 15 is 0 Å². The molecule has 1 aromatic carbocycles. The highest BCUT2D eigenvalue weighted by Gasteiger charge is 2.29. The largest absolute Gasteiger partial charge is 0.481 e. The summed E-state index contributed by atoms with van der Waals surface area (Å²) >= 11 is 0. The Labute approximate surface area is 144 Å². The maximum atomic E-state index is 11.6. The maximum absolute atomic E-state index is 11.6. The molecule has 0 saturated heterocycles. The van der Waals surface area contributed by atoms with Crippen molar-refractivity contribution in [1.29, 1.82) is 0 Å². The van der Waals surface area contributed by atoms with E-state index in [1.807, 2.05) is 37.3 Å². The van der Waals surface area contributed by atoms with E-state index in [4.69, 9.17) is 9.53 Å². The molecule has 0 radical (unpaired) electrons.